The van der Waals surface area contributed by atoms with E-state index in [1.165, 1.54) is 12.1 Å². The summed E-state index contributed by atoms with van der Waals surface area (Å²) in [7, 11) is 0. The lowest BCUT2D eigenvalue weighted by atomic mass is 10.2. The van der Waals surface area contributed by atoms with Crippen LogP contribution in [-0.4, -0.2) is 16.9 Å². The van der Waals surface area contributed by atoms with Gasteiger partial charge >= 0.3 is 11.9 Å². The lowest BCUT2D eigenvalue weighted by molar-refractivity contribution is 0.0455. The predicted octanol–water partition coefficient (Wildman–Crippen LogP) is 5.37. The standard InChI is InChI=1S/C28H23NO5/c30-27(33-19-22-12-6-2-7-13-22)25-16-24(32-18-21-10-4-1-5-11-21)17-26(29-25)28(31)34-20-23-14-8-3-9-15-23/h1-17H,18-20H2. The average Bonchev–Trinajstić information content (AvgIpc) is 2.90. The van der Waals surface area contributed by atoms with Crippen molar-refractivity contribution in [3.05, 3.63) is 131 Å². The fourth-order valence-electron chi connectivity index (χ4n) is 3.13. The topological polar surface area (TPSA) is 74.7 Å². The van der Waals surface area contributed by atoms with Crippen LogP contribution >= 0.6 is 0 Å². The first-order valence-electron chi connectivity index (χ1n) is 10.8. The molecule has 6 heteroatoms. The molecule has 0 atom stereocenters. The zero-order valence-corrected chi connectivity index (χ0v) is 18.4. The van der Waals surface area contributed by atoms with Gasteiger partial charge in [-0.15, -0.1) is 0 Å². The Morgan fingerprint density at radius 1 is 0.559 bits per heavy atom. The van der Waals surface area contributed by atoms with E-state index in [9.17, 15) is 9.59 Å². The molecule has 0 unspecified atom stereocenters. The maximum Gasteiger partial charge on any atom is 0.357 e. The van der Waals surface area contributed by atoms with Gasteiger partial charge in [-0.25, -0.2) is 14.6 Å². The molecule has 0 N–H and O–H groups in total. The Hall–Kier alpha value is -4.45. The zero-order chi connectivity index (χ0) is 23.6. The van der Waals surface area contributed by atoms with E-state index >= 15 is 0 Å². The predicted molar refractivity (Wildman–Crippen MR) is 126 cm³/mol. The second-order valence-corrected chi connectivity index (χ2v) is 7.47. The molecule has 0 aliphatic carbocycles. The van der Waals surface area contributed by atoms with E-state index in [2.05, 4.69) is 4.98 Å². The highest BCUT2D eigenvalue weighted by atomic mass is 16.5. The second kappa shape index (κ2) is 11.4. The van der Waals surface area contributed by atoms with Gasteiger partial charge in [0.05, 0.1) is 0 Å². The molecule has 34 heavy (non-hydrogen) atoms. The van der Waals surface area contributed by atoms with E-state index in [4.69, 9.17) is 14.2 Å². The Morgan fingerprint density at radius 3 is 1.35 bits per heavy atom. The van der Waals surface area contributed by atoms with Crippen molar-refractivity contribution in [1.82, 2.24) is 4.98 Å². The van der Waals surface area contributed by atoms with Crippen LogP contribution in [0.5, 0.6) is 5.75 Å². The highest BCUT2D eigenvalue weighted by Crippen LogP contribution is 2.19. The molecule has 4 aromatic rings. The molecule has 0 spiro atoms. The molecule has 3 aromatic carbocycles. The van der Waals surface area contributed by atoms with E-state index in [0.29, 0.717) is 5.75 Å². The molecule has 0 saturated heterocycles. The monoisotopic (exact) mass is 453 g/mol. The van der Waals surface area contributed by atoms with Crippen LogP contribution in [0.4, 0.5) is 0 Å². The molecular weight excluding hydrogens is 430 g/mol. The highest BCUT2D eigenvalue weighted by molar-refractivity contribution is 5.92. The maximum atomic E-state index is 12.7. The van der Waals surface area contributed by atoms with Gasteiger partial charge in [-0.3, -0.25) is 0 Å². The summed E-state index contributed by atoms with van der Waals surface area (Å²) in [4.78, 5) is 29.6. The van der Waals surface area contributed by atoms with Gasteiger partial charge in [-0.05, 0) is 16.7 Å². The van der Waals surface area contributed by atoms with Crippen LogP contribution in [0.15, 0.2) is 103 Å². The van der Waals surface area contributed by atoms with Crippen LogP contribution in [0.2, 0.25) is 0 Å². The number of hydrogen-bond acceptors (Lipinski definition) is 6. The van der Waals surface area contributed by atoms with Gasteiger partial charge in [0.2, 0.25) is 0 Å². The lowest BCUT2D eigenvalue weighted by Gasteiger charge is -2.11. The highest BCUT2D eigenvalue weighted by Gasteiger charge is 2.18. The Morgan fingerprint density at radius 2 is 0.941 bits per heavy atom. The number of hydrogen-bond donors (Lipinski definition) is 0. The largest absolute Gasteiger partial charge is 0.489 e. The third kappa shape index (κ3) is 6.53. The Balaban J connectivity index is 1.51. The maximum absolute atomic E-state index is 12.7. The number of benzene rings is 3. The summed E-state index contributed by atoms with van der Waals surface area (Å²) in [5.41, 5.74) is 2.56. The average molecular weight is 453 g/mol. The number of esters is 2. The van der Waals surface area contributed by atoms with Crippen LogP contribution in [0.25, 0.3) is 0 Å². The quantitative estimate of drug-likeness (QED) is 0.317. The van der Waals surface area contributed by atoms with Gasteiger partial charge in [0.15, 0.2) is 11.4 Å². The minimum atomic E-state index is -0.661. The van der Waals surface area contributed by atoms with Crippen molar-refractivity contribution in [2.24, 2.45) is 0 Å². The van der Waals surface area contributed by atoms with Gasteiger partial charge < -0.3 is 14.2 Å². The molecule has 0 radical (unpaired) electrons. The Bertz CT molecular complexity index is 1150. The minimum Gasteiger partial charge on any atom is -0.489 e. The molecular formula is C28H23NO5. The fourth-order valence-corrected chi connectivity index (χ4v) is 3.13. The number of ether oxygens (including phenoxy) is 3. The summed E-state index contributed by atoms with van der Waals surface area (Å²) >= 11 is 0. The number of carbonyl (C=O) groups is 2. The molecule has 0 aliphatic rings. The Labute approximate surface area is 197 Å². The first kappa shape index (κ1) is 22.7. The first-order valence-corrected chi connectivity index (χ1v) is 10.8. The number of aromatic nitrogens is 1. The summed E-state index contributed by atoms with van der Waals surface area (Å²) in [6.07, 6.45) is 0. The summed E-state index contributed by atoms with van der Waals surface area (Å²) < 4.78 is 16.6. The summed E-state index contributed by atoms with van der Waals surface area (Å²) in [5.74, 6) is -1.01. The minimum absolute atomic E-state index is 0.0341. The van der Waals surface area contributed by atoms with Gasteiger partial charge in [-0.1, -0.05) is 91.0 Å². The van der Waals surface area contributed by atoms with Crippen LogP contribution in [0.3, 0.4) is 0 Å². The first-order chi connectivity index (χ1) is 16.7. The molecule has 170 valence electrons. The van der Waals surface area contributed by atoms with Crippen molar-refractivity contribution >= 4 is 11.9 Å². The van der Waals surface area contributed by atoms with Crippen molar-refractivity contribution in [3.8, 4) is 5.75 Å². The normalized spacial score (nSPS) is 10.4. The van der Waals surface area contributed by atoms with Crippen LogP contribution < -0.4 is 4.74 Å². The van der Waals surface area contributed by atoms with E-state index in [-0.39, 0.29) is 31.2 Å². The molecule has 0 saturated carbocycles. The van der Waals surface area contributed by atoms with Crippen molar-refractivity contribution in [1.29, 1.82) is 0 Å². The number of rotatable bonds is 9. The van der Waals surface area contributed by atoms with Crippen molar-refractivity contribution in [2.75, 3.05) is 0 Å². The van der Waals surface area contributed by atoms with Crippen molar-refractivity contribution in [2.45, 2.75) is 19.8 Å². The molecule has 0 amide bonds. The lowest BCUT2D eigenvalue weighted by Crippen LogP contribution is -2.14. The molecule has 1 aromatic heterocycles. The smallest absolute Gasteiger partial charge is 0.357 e. The Kier molecular flexibility index (Phi) is 7.64. The van der Waals surface area contributed by atoms with Gasteiger partial charge in [0, 0.05) is 12.1 Å². The van der Waals surface area contributed by atoms with Crippen molar-refractivity contribution in [3.63, 3.8) is 0 Å². The van der Waals surface area contributed by atoms with Crippen LogP contribution in [-0.2, 0) is 29.3 Å². The van der Waals surface area contributed by atoms with Gasteiger partial charge in [-0.2, -0.15) is 0 Å². The fraction of sp³-hybridized carbons (Fsp3) is 0.107. The zero-order valence-electron chi connectivity index (χ0n) is 18.4. The van der Waals surface area contributed by atoms with Gasteiger partial charge in [0.1, 0.15) is 25.6 Å². The number of pyridine rings is 1. The van der Waals surface area contributed by atoms with E-state index in [1.54, 1.807) is 0 Å². The van der Waals surface area contributed by atoms with Crippen LogP contribution in [0, 0.1) is 0 Å². The van der Waals surface area contributed by atoms with Gasteiger partial charge in [0.25, 0.3) is 0 Å². The summed E-state index contributed by atoms with van der Waals surface area (Å²) in [6, 6.07) is 31.1. The molecule has 1 heterocycles. The van der Waals surface area contributed by atoms with E-state index < -0.39 is 11.9 Å². The van der Waals surface area contributed by atoms with Crippen molar-refractivity contribution < 1.29 is 23.8 Å². The molecule has 0 bridgehead atoms. The third-order valence-electron chi connectivity index (χ3n) is 4.89. The number of carbonyl (C=O) groups excluding carboxylic acids is 2. The van der Waals surface area contributed by atoms with Crippen LogP contribution in [0.1, 0.15) is 37.7 Å². The number of nitrogens with zero attached hydrogens (tertiary/aromatic N) is 1. The third-order valence-corrected chi connectivity index (χ3v) is 4.89. The summed E-state index contributed by atoms with van der Waals surface area (Å²) in [5, 5.41) is 0. The molecule has 4 rings (SSSR count). The molecule has 0 aliphatic heterocycles. The SMILES string of the molecule is O=C(OCc1ccccc1)c1cc(OCc2ccccc2)cc(C(=O)OCc2ccccc2)n1. The van der Waals surface area contributed by atoms with E-state index in [1.807, 2.05) is 91.0 Å². The molecule has 0 fully saturated rings. The molecule has 6 nitrogen and oxygen atoms in total. The van der Waals surface area contributed by atoms with E-state index in [0.717, 1.165) is 16.7 Å². The second-order valence-electron chi connectivity index (χ2n) is 7.47. The summed E-state index contributed by atoms with van der Waals surface area (Å²) in [6.45, 7) is 0.441.